The molecule has 222 valence electrons. The second-order valence-corrected chi connectivity index (χ2v) is 14.5. The summed E-state index contributed by atoms with van der Waals surface area (Å²) in [6, 6.07) is 0. The summed E-state index contributed by atoms with van der Waals surface area (Å²) in [5.74, 6) is 6.97. The molecule has 6 heteroatoms. The van der Waals surface area contributed by atoms with Crippen LogP contribution >= 0.6 is 0 Å². The number of esters is 2. The Bertz CT molecular complexity index is 1080. The zero-order valence-electron chi connectivity index (χ0n) is 25.1. The van der Waals surface area contributed by atoms with Crippen molar-refractivity contribution in [3.63, 3.8) is 0 Å². The second-order valence-electron chi connectivity index (χ2n) is 14.5. The second kappa shape index (κ2) is 11.1. The van der Waals surface area contributed by atoms with Gasteiger partial charge in [-0.3, -0.25) is 4.79 Å². The van der Waals surface area contributed by atoms with E-state index in [-0.39, 0.29) is 36.3 Å². The minimum atomic E-state index is -1.34. The summed E-state index contributed by atoms with van der Waals surface area (Å²) in [5, 5.41) is 25.7. The number of aliphatic hydroxyl groups excluding tert-OH is 1. The highest BCUT2D eigenvalue weighted by molar-refractivity contribution is 5.85. The van der Waals surface area contributed by atoms with Crippen molar-refractivity contribution in [3.05, 3.63) is 11.6 Å². The minimum Gasteiger partial charge on any atom is -0.462 e. The fourth-order valence-corrected chi connectivity index (χ4v) is 9.85. The lowest BCUT2D eigenvalue weighted by molar-refractivity contribution is -0.313. The van der Waals surface area contributed by atoms with E-state index in [1.165, 1.54) is 12.8 Å². The van der Waals surface area contributed by atoms with Crippen LogP contribution in [-0.4, -0.2) is 46.6 Å². The lowest BCUT2D eigenvalue weighted by Crippen LogP contribution is -2.76. The van der Waals surface area contributed by atoms with Crippen LogP contribution in [0.25, 0.3) is 0 Å². The van der Waals surface area contributed by atoms with E-state index in [2.05, 4.69) is 32.6 Å². The van der Waals surface area contributed by atoms with Crippen molar-refractivity contribution in [2.45, 2.75) is 135 Å². The largest absolute Gasteiger partial charge is 0.462 e. The molecule has 0 radical (unpaired) electrons. The molecule has 3 aliphatic carbocycles. The standard InChI is InChI=1S/C34H50O6/c1-23(2)10-9-17-33-27(35)15-18-32(4,25-11-5-6-12-25)30(33)26-21-31(3,16-8-7-13-28(36)40-26)34(33,38)19-14-24-20-29(37)39-22-24/h20,23,25-27,30,35,38H,5-7,9-15,17-19,21-22H2,1-4H3/t26-,27+,30+,31+,32+,33+,34-/m1/s1. The van der Waals surface area contributed by atoms with Gasteiger partial charge in [-0.2, -0.15) is 0 Å². The fraction of sp³-hybridized carbons (Fsp3) is 0.824. The highest BCUT2D eigenvalue weighted by atomic mass is 16.5. The molecule has 2 heterocycles. The lowest BCUT2D eigenvalue weighted by Gasteiger charge is -2.71. The van der Waals surface area contributed by atoms with Crippen LogP contribution in [0.4, 0.5) is 0 Å². The number of carbonyl (C=O) groups excluding carboxylic acids is 2. The Balaban J connectivity index is 1.70. The zero-order valence-corrected chi connectivity index (χ0v) is 25.1. The summed E-state index contributed by atoms with van der Waals surface area (Å²) >= 11 is 0. The lowest BCUT2D eigenvalue weighted by atomic mass is 9.36. The van der Waals surface area contributed by atoms with Gasteiger partial charge in [-0.05, 0) is 74.7 Å². The third-order valence-electron chi connectivity index (χ3n) is 11.8. The van der Waals surface area contributed by atoms with Crippen LogP contribution in [-0.2, 0) is 19.1 Å². The fourth-order valence-electron chi connectivity index (χ4n) is 9.85. The smallest absolute Gasteiger partial charge is 0.331 e. The third-order valence-corrected chi connectivity index (χ3v) is 11.8. The van der Waals surface area contributed by atoms with E-state index in [1.54, 1.807) is 6.08 Å². The van der Waals surface area contributed by atoms with Crippen LogP contribution in [0.2, 0.25) is 0 Å². The van der Waals surface area contributed by atoms with Gasteiger partial charge in [-0.15, -0.1) is 5.92 Å². The average molecular weight is 555 g/mol. The molecule has 7 atom stereocenters. The zero-order chi connectivity index (χ0) is 28.8. The maximum Gasteiger partial charge on any atom is 0.331 e. The summed E-state index contributed by atoms with van der Waals surface area (Å²) in [6.45, 7) is 9.09. The first-order valence-corrected chi connectivity index (χ1v) is 15.9. The molecule has 0 aromatic rings. The normalized spacial score (nSPS) is 41.7. The number of ether oxygens (including phenoxy) is 2. The molecular formula is C34H50O6. The van der Waals surface area contributed by atoms with Crippen LogP contribution in [0.3, 0.4) is 0 Å². The van der Waals surface area contributed by atoms with Crippen LogP contribution in [0, 0.1) is 45.8 Å². The molecule has 3 saturated carbocycles. The molecule has 3 fully saturated rings. The number of rotatable bonds is 8. The van der Waals surface area contributed by atoms with Crippen molar-refractivity contribution in [3.8, 4) is 11.8 Å². The molecule has 0 aromatic carbocycles. The average Bonchev–Trinajstić information content (AvgIpc) is 3.59. The van der Waals surface area contributed by atoms with Gasteiger partial charge in [0.25, 0.3) is 0 Å². The van der Waals surface area contributed by atoms with E-state index < -0.39 is 28.6 Å². The van der Waals surface area contributed by atoms with Gasteiger partial charge in [-0.1, -0.05) is 52.4 Å². The number of fused-ring (bicyclic) bond motifs is 4. The number of hydrogen-bond acceptors (Lipinski definition) is 6. The van der Waals surface area contributed by atoms with E-state index in [0.29, 0.717) is 50.4 Å². The highest BCUT2D eigenvalue weighted by Gasteiger charge is 2.75. The van der Waals surface area contributed by atoms with Gasteiger partial charge in [-0.25, -0.2) is 4.79 Å². The van der Waals surface area contributed by atoms with Crippen molar-refractivity contribution >= 4 is 11.9 Å². The molecule has 2 bridgehead atoms. The number of cyclic esters (lactones) is 1. The topological polar surface area (TPSA) is 93.1 Å². The Morgan fingerprint density at radius 3 is 2.55 bits per heavy atom. The summed E-state index contributed by atoms with van der Waals surface area (Å²) < 4.78 is 11.6. The van der Waals surface area contributed by atoms with Crippen molar-refractivity contribution in [2.75, 3.05) is 6.61 Å². The quantitative estimate of drug-likeness (QED) is 0.288. The van der Waals surface area contributed by atoms with Crippen molar-refractivity contribution in [2.24, 2.45) is 34.0 Å². The molecule has 5 rings (SSSR count). The van der Waals surface area contributed by atoms with Crippen LogP contribution in [0.5, 0.6) is 0 Å². The molecule has 0 unspecified atom stereocenters. The molecular weight excluding hydrogens is 504 g/mol. The molecule has 2 N–H and O–H groups in total. The van der Waals surface area contributed by atoms with Crippen LogP contribution in [0.1, 0.15) is 118 Å². The molecule has 0 amide bonds. The summed E-state index contributed by atoms with van der Waals surface area (Å²) in [6.07, 6.45) is 11.2. The molecule has 2 aliphatic heterocycles. The first-order chi connectivity index (χ1) is 18.9. The van der Waals surface area contributed by atoms with Gasteiger partial charge in [0.15, 0.2) is 0 Å². The third kappa shape index (κ3) is 4.83. The Morgan fingerprint density at radius 2 is 1.88 bits per heavy atom. The number of carbonyl (C=O) groups is 2. The Labute approximate surface area is 240 Å². The van der Waals surface area contributed by atoms with Crippen molar-refractivity contribution in [1.82, 2.24) is 0 Å². The summed E-state index contributed by atoms with van der Waals surface area (Å²) in [4.78, 5) is 25.0. The molecule has 0 saturated heterocycles. The molecule has 5 aliphatic rings. The molecule has 40 heavy (non-hydrogen) atoms. The predicted octanol–water partition coefficient (Wildman–Crippen LogP) is 5.88. The minimum absolute atomic E-state index is 0.166. The van der Waals surface area contributed by atoms with Crippen LogP contribution < -0.4 is 0 Å². The first-order valence-electron chi connectivity index (χ1n) is 15.9. The van der Waals surface area contributed by atoms with Gasteiger partial charge in [0.1, 0.15) is 12.7 Å². The Hall–Kier alpha value is -1.84. The molecule has 0 spiro atoms. The van der Waals surface area contributed by atoms with Gasteiger partial charge in [0.2, 0.25) is 0 Å². The number of aliphatic hydroxyl groups is 2. The highest BCUT2D eigenvalue weighted by Crippen LogP contribution is 2.71. The Morgan fingerprint density at radius 1 is 1.12 bits per heavy atom. The van der Waals surface area contributed by atoms with E-state index in [9.17, 15) is 19.8 Å². The predicted molar refractivity (Wildman–Crippen MR) is 153 cm³/mol. The maximum absolute atomic E-state index is 13.4. The van der Waals surface area contributed by atoms with E-state index in [4.69, 9.17) is 9.47 Å². The first kappa shape index (κ1) is 29.6. The summed E-state index contributed by atoms with van der Waals surface area (Å²) in [7, 11) is 0. The van der Waals surface area contributed by atoms with E-state index in [1.807, 2.05) is 6.92 Å². The van der Waals surface area contributed by atoms with Crippen molar-refractivity contribution < 1.29 is 29.3 Å². The van der Waals surface area contributed by atoms with Gasteiger partial charge in [0.05, 0.1) is 23.5 Å². The SMILES string of the molecule is CC(C)CCC[C@]12[C@@H]([C@H]3C[C@](C)(C#CCCC(=O)O3)[C@]1(O)CCC1=CC(=O)OC1)[C@](C)(C1CCCC1)CC[C@@H]2O. The van der Waals surface area contributed by atoms with Crippen LogP contribution in [0.15, 0.2) is 11.6 Å². The van der Waals surface area contributed by atoms with E-state index in [0.717, 1.165) is 37.7 Å². The number of hydrogen-bond donors (Lipinski definition) is 2. The molecule has 6 nitrogen and oxygen atoms in total. The van der Waals surface area contributed by atoms with Gasteiger partial charge in [0, 0.05) is 30.3 Å². The Kier molecular flexibility index (Phi) is 8.23. The van der Waals surface area contributed by atoms with Crippen molar-refractivity contribution in [1.29, 1.82) is 0 Å². The summed E-state index contributed by atoms with van der Waals surface area (Å²) in [5.41, 5.74) is -2.40. The monoisotopic (exact) mass is 554 g/mol. The van der Waals surface area contributed by atoms with E-state index >= 15 is 0 Å². The molecule has 0 aromatic heterocycles. The van der Waals surface area contributed by atoms with Gasteiger partial charge >= 0.3 is 11.9 Å². The maximum atomic E-state index is 13.4. The van der Waals surface area contributed by atoms with Gasteiger partial charge < -0.3 is 19.7 Å².